The van der Waals surface area contributed by atoms with Gasteiger partial charge < -0.3 is 15.9 Å². The van der Waals surface area contributed by atoms with Crippen LogP contribution in [0.15, 0.2) is 42.0 Å². The number of carboxylic acid groups (broad SMARTS) is 1. The highest BCUT2D eigenvalue weighted by molar-refractivity contribution is 5.71. The molecule has 0 aliphatic heterocycles. The van der Waals surface area contributed by atoms with Crippen molar-refractivity contribution in [3.05, 3.63) is 47.5 Å². The Bertz CT molecular complexity index is 454. The number of carboxylic acids is 1. The van der Waals surface area contributed by atoms with Crippen molar-refractivity contribution >= 4 is 5.97 Å². The lowest BCUT2D eigenvalue weighted by molar-refractivity contribution is -0.145. The number of hydrogen-bond acceptors (Lipinski definition) is 3. The van der Waals surface area contributed by atoms with Crippen LogP contribution >= 0.6 is 0 Å². The molecule has 0 radical (unpaired) electrons. The summed E-state index contributed by atoms with van der Waals surface area (Å²) in [4.78, 5) is 10.5. The van der Waals surface area contributed by atoms with Crippen molar-refractivity contribution in [3.63, 3.8) is 0 Å². The molecule has 1 aromatic rings. The third-order valence-corrected chi connectivity index (χ3v) is 3.36. The number of allylic oxidation sites excluding steroid dienone is 1. The van der Waals surface area contributed by atoms with E-state index < -0.39 is 18.0 Å². The molecular weight excluding hydrogens is 254 g/mol. The van der Waals surface area contributed by atoms with Crippen molar-refractivity contribution < 1.29 is 15.0 Å². The predicted molar refractivity (Wildman–Crippen MR) is 79.2 cm³/mol. The Balaban J connectivity index is 0.000000204. The van der Waals surface area contributed by atoms with E-state index in [2.05, 4.69) is 0 Å². The highest BCUT2D eigenvalue weighted by Crippen LogP contribution is 2.23. The van der Waals surface area contributed by atoms with Crippen LogP contribution in [0.25, 0.3) is 0 Å². The molecule has 110 valence electrons. The Kier molecular flexibility index (Phi) is 6.42. The first-order valence-corrected chi connectivity index (χ1v) is 6.80. The Morgan fingerprint density at radius 2 is 1.95 bits per heavy atom. The van der Waals surface area contributed by atoms with E-state index in [0.717, 1.165) is 12.0 Å². The Hall–Kier alpha value is -1.65. The normalized spacial score (nSPS) is 23.1. The van der Waals surface area contributed by atoms with Crippen molar-refractivity contribution in [2.45, 2.75) is 38.8 Å². The maximum absolute atomic E-state index is 10.5. The van der Waals surface area contributed by atoms with Gasteiger partial charge in [-0.3, -0.25) is 4.79 Å². The molecule has 4 nitrogen and oxygen atoms in total. The van der Waals surface area contributed by atoms with Gasteiger partial charge in [0, 0.05) is 6.04 Å². The van der Waals surface area contributed by atoms with E-state index in [1.54, 1.807) is 6.08 Å². The summed E-state index contributed by atoms with van der Waals surface area (Å²) in [5.41, 5.74) is 7.88. The van der Waals surface area contributed by atoms with Crippen LogP contribution in [0.3, 0.4) is 0 Å². The lowest BCUT2D eigenvalue weighted by atomic mass is 9.88. The van der Waals surface area contributed by atoms with Crippen molar-refractivity contribution in [3.8, 4) is 0 Å². The molecule has 0 bridgehead atoms. The fourth-order valence-corrected chi connectivity index (χ4v) is 2.07. The number of carbonyl (C=O) groups is 1. The van der Waals surface area contributed by atoms with Gasteiger partial charge in [0.1, 0.15) is 0 Å². The van der Waals surface area contributed by atoms with E-state index in [0.29, 0.717) is 6.42 Å². The minimum Gasteiger partial charge on any atom is -0.481 e. The molecular formula is C16H23NO3. The summed E-state index contributed by atoms with van der Waals surface area (Å²) in [5, 5.41) is 17.9. The summed E-state index contributed by atoms with van der Waals surface area (Å²) in [7, 11) is 0. The van der Waals surface area contributed by atoms with E-state index in [1.807, 2.05) is 44.2 Å². The molecule has 0 saturated carbocycles. The lowest BCUT2D eigenvalue weighted by Gasteiger charge is -2.21. The fraction of sp³-hybridized carbons (Fsp3) is 0.438. The lowest BCUT2D eigenvalue weighted by Crippen LogP contribution is -2.29. The van der Waals surface area contributed by atoms with E-state index in [1.165, 1.54) is 5.56 Å². The standard InChI is InChI=1S/C8H11N.C8H12O3/c1-7(9)8-5-3-2-4-6-8;1-5-2-3-6(8(10)11)7(9)4-5/h2-7H,9H2,1H3;4,6-7,9H,2-3H2,1H3,(H,10,11)/t7-;6-,7+/m01/s1. The highest BCUT2D eigenvalue weighted by Gasteiger charge is 2.27. The average molecular weight is 277 g/mol. The second kappa shape index (κ2) is 7.82. The van der Waals surface area contributed by atoms with E-state index in [4.69, 9.17) is 10.8 Å². The van der Waals surface area contributed by atoms with Crippen molar-refractivity contribution in [1.82, 2.24) is 0 Å². The van der Waals surface area contributed by atoms with Gasteiger partial charge in [0.15, 0.2) is 0 Å². The molecule has 0 heterocycles. The maximum atomic E-state index is 10.5. The van der Waals surface area contributed by atoms with Crippen molar-refractivity contribution in [2.75, 3.05) is 0 Å². The molecule has 2 rings (SSSR count). The molecule has 0 aromatic heterocycles. The molecule has 1 aliphatic rings. The van der Waals surface area contributed by atoms with Gasteiger partial charge in [-0.15, -0.1) is 0 Å². The summed E-state index contributed by atoms with van der Waals surface area (Å²) < 4.78 is 0. The number of benzene rings is 1. The number of aliphatic hydroxyl groups is 1. The van der Waals surface area contributed by atoms with Gasteiger partial charge in [-0.1, -0.05) is 42.0 Å². The molecule has 0 spiro atoms. The van der Waals surface area contributed by atoms with E-state index >= 15 is 0 Å². The molecule has 1 aliphatic carbocycles. The van der Waals surface area contributed by atoms with Crippen LogP contribution in [0.2, 0.25) is 0 Å². The van der Waals surface area contributed by atoms with E-state index in [-0.39, 0.29) is 6.04 Å². The number of aliphatic carboxylic acids is 1. The monoisotopic (exact) mass is 277 g/mol. The SMILES string of the molecule is CC1=C[C@H](O)[C@H](C(=O)O)CC1.C[C@H](N)c1ccccc1. The molecule has 1 aromatic carbocycles. The summed E-state index contributed by atoms with van der Waals surface area (Å²) in [6.07, 6.45) is 2.18. The Morgan fingerprint density at radius 3 is 2.35 bits per heavy atom. The molecule has 0 saturated heterocycles. The van der Waals surface area contributed by atoms with Gasteiger partial charge in [-0.05, 0) is 32.3 Å². The predicted octanol–water partition coefficient (Wildman–Crippen LogP) is 2.49. The van der Waals surface area contributed by atoms with Gasteiger partial charge >= 0.3 is 5.97 Å². The molecule has 4 heteroatoms. The molecule has 3 atom stereocenters. The molecule has 20 heavy (non-hydrogen) atoms. The smallest absolute Gasteiger partial charge is 0.309 e. The summed E-state index contributed by atoms with van der Waals surface area (Å²) in [5.74, 6) is -1.50. The van der Waals surface area contributed by atoms with Crippen LogP contribution in [0.4, 0.5) is 0 Å². The minimum atomic E-state index is -0.902. The average Bonchev–Trinajstić information content (AvgIpc) is 2.40. The zero-order valence-corrected chi connectivity index (χ0v) is 12.0. The van der Waals surface area contributed by atoms with Gasteiger partial charge in [-0.2, -0.15) is 0 Å². The zero-order chi connectivity index (χ0) is 15.1. The van der Waals surface area contributed by atoms with Crippen LogP contribution in [-0.4, -0.2) is 22.3 Å². The van der Waals surface area contributed by atoms with Crippen LogP contribution in [0.1, 0.15) is 38.3 Å². The number of nitrogens with two attached hydrogens (primary N) is 1. The zero-order valence-electron chi connectivity index (χ0n) is 12.0. The van der Waals surface area contributed by atoms with E-state index in [9.17, 15) is 9.90 Å². The Labute approximate surface area is 119 Å². The third-order valence-electron chi connectivity index (χ3n) is 3.36. The van der Waals surface area contributed by atoms with Crippen LogP contribution in [-0.2, 0) is 4.79 Å². The number of rotatable bonds is 2. The molecule has 0 unspecified atom stereocenters. The molecule has 0 amide bonds. The topological polar surface area (TPSA) is 83.5 Å². The second-order valence-electron chi connectivity index (χ2n) is 5.19. The van der Waals surface area contributed by atoms with Gasteiger partial charge in [0.25, 0.3) is 0 Å². The quantitative estimate of drug-likeness (QED) is 0.725. The summed E-state index contributed by atoms with van der Waals surface area (Å²) in [6, 6.07) is 10.2. The summed E-state index contributed by atoms with van der Waals surface area (Å²) >= 11 is 0. The van der Waals surface area contributed by atoms with Crippen LogP contribution in [0.5, 0.6) is 0 Å². The molecule has 0 fully saturated rings. The van der Waals surface area contributed by atoms with Crippen molar-refractivity contribution in [2.24, 2.45) is 11.7 Å². The minimum absolute atomic E-state index is 0.159. The number of hydrogen-bond donors (Lipinski definition) is 3. The highest BCUT2D eigenvalue weighted by atomic mass is 16.4. The third kappa shape index (κ3) is 5.15. The fourth-order valence-electron chi connectivity index (χ4n) is 2.07. The van der Waals surface area contributed by atoms with Crippen LogP contribution in [0, 0.1) is 5.92 Å². The first kappa shape index (κ1) is 16.4. The van der Waals surface area contributed by atoms with Crippen molar-refractivity contribution in [1.29, 1.82) is 0 Å². The van der Waals surface area contributed by atoms with Gasteiger partial charge in [0.05, 0.1) is 12.0 Å². The van der Waals surface area contributed by atoms with Gasteiger partial charge in [0.2, 0.25) is 0 Å². The van der Waals surface area contributed by atoms with Crippen LogP contribution < -0.4 is 5.73 Å². The first-order chi connectivity index (χ1) is 9.41. The van der Waals surface area contributed by atoms with Gasteiger partial charge in [-0.25, -0.2) is 0 Å². The second-order valence-corrected chi connectivity index (χ2v) is 5.19. The molecule has 4 N–H and O–H groups in total. The largest absolute Gasteiger partial charge is 0.481 e. The summed E-state index contributed by atoms with van der Waals surface area (Å²) in [6.45, 7) is 3.89. The first-order valence-electron chi connectivity index (χ1n) is 6.80. The number of aliphatic hydroxyl groups excluding tert-OH is 1. The Morgan fingerprint density at radius 1 is 1.35 bits per heavy atom. The maximum Gasteiger partial charge on any atom is 0.309 e.